The molecule has 1 fully saturated rings. The van der Waals surface area contributed by atoms with Crippen LogP contribution in [-0.2, 0) is 4.79 Å². The monoisotopic (exact) mass is 280 g/mol. The standard InChI is InChI=1S/C13H24N6O/c1-3-6-19-7-4-11(5-8-19)9-12(20)14-10(2)13-15-17-18-16-13/h10-11H,3-9H2,1-2H3,(H,14,20)(H,15,16,17,18)/t10-/m0/s1. The summed E-state index contributed by atoms with van der Waals surface area (Å²) in [7, 11) is 0. The van der Waals surface area contributed by atoms with Gasteiger partial charge in [0, 0.05) is 6.42 Å². The SMILES string of the molecule is CCCN1CCC(CC(=O)N[C@@H](C)c2nn[nH]n2)CC1. The van der Waals surface area contributed by atoms with Gasteiger partial charge in [0.2, 0.25) is 5.91 Å². The summed E-state index contributed by atoms with van der Waals surface area (Å²) in [5, 5.41) is 16.6. The second kappa shape index (κ2) is 7.33. The molecule has 0 unspecified atom stereocenters. The fraction of sp³-hybridized carbons (Fsp3) is 0.846. The van der Waals surface area contributed by atoms with Crippen LogP contribution in [0.25, 0.3) is 0 Å². The summed E-state index contributed by atoms with van der Waals surface area (Å²) in [6.45, 7) is 7.48. The molecule has 0 aliphatic carbocycles. The molecule has 1 saturated heterocycles. The predicted octanol–water partition coefficient (Wildman–Crippen LogP) is 0.889. The average molecular weight is 280 g/mol. The van der Waals surface area contributed by atoms with Crippen molar-refractivity contribution >= 4 is 5.91 Å². The van der Waals surface area contributed by atoms with Crippen molar-refractivity contribution in [1.29, 1.82) is 0 Å². The molecule has 7 nitrogen and oxygen atoms in total. The molecule has 1 aliphatic heterocycles. The van der Waals surface area contributed by atoms with Crippen molar-refractivity contribution in [3.63, 3.8) is 0 Å². The highest BCUT2D eigenvalue weighted by Crippen LogP contribution is 2.20. The zero-order valence-electron chi connectivity index (χ0n) is 12.3. The molecule has 20 heavy (non-hydrogen) atoms. The normalized spacial score (nSPS) is 18.9. The molecule has 1 atom stereocenters. The number of aromatic amines is 1. The van der Waals surface area contributed by atoms with Crippen LogP contribution in [0.2, 0.25) is 0 Å². The van der Waals surface area contributed by atoms with E-state index in [4.69, 9.17) is 0 Å². The number of carbonyl (C=O) groups is 1. The van der Waals surface area contributed by atoms with E-state index in [9.17, 15) is 4.79 Å². The van der Waals surface area contributed by atoms with Crippen LogP contribution < -0.4 is 5.32 Å². The van der Waals surface area contributed by atoms with E-state index < -0.39 is 0 Å². The Hall–Kier alpha value is -1.50. The predicted molar refractivity (Wildman–Crippen MR) is 74.8 cm³/mol. The van der Waals surface area contributed by atoms with Crippen LogP contribution in [0.4, 0.5) is 0 Å². The number of amides is 1. The largest absolute Gasteiger partial charge is 0.346 e. The maximum Gasteiger partial charge on any atom is 0.220 e. The van der Waals surface area contributed by atoms with E-state index >= 15 is 0 Å². The lowest BCUT2D eigenvalue weighted by Crippen LogP contribution is -2.36. The molecular formula is C13H24N6O. The van der Waals surface area contributed by atoms with E-state index in [1.165, 1.54) is 13.0 Å². The Morgan fingerprint density at radius 3 is 2.85 bits per heavy atom. The van der Waals surface area contributed by atoms with Gasteiger partial charge in [0.25, 0.3) is 0 Å². The van der Waals surface area contributed by atoms with Crippen LogP contribution >= 0.6 is 0 Å². The zero-order valence-corrected chi connectivity index (χ0v) is 12.3. The van der Waals surface area contributed by atoms with E-state index in [2.05, 4.69) is 37.8 Å². The fourth-order valence-corrected chi connectivity index (χ4v) is 2.71. The maximum atomic E-state index is 12.0. The first-order valence-electron chi connectivity index (χ1n) is 7.44. The molecule has 2 rings (SSSR count). The molecule has 1 aromatic rings. The lowest BCUT2D eigenvalue weighted by molar-refractivity contribution is -0.123. The Bertz CT molecular complexity index is 399. The van der Waals surface area contributed by atoms with E-state index in [1.807, 2.05) is 6.92 Å². The Labute approximate surface area is 119 Å². The van der Waals surface area contributed by atoms with Gasteiger partial charge >= 0.3 is 0 Å². The van der Waals surface area contributed by atoms with E-state index in [1.54, 1.807) is 0 Å². The maximum absolute atomic E-state index is 12.0. The minimum Gasteiger partial charge on any atom is -0.346 e. The Morgan fingerprint density at radius 1 is 1.50 bits per heavy atom. The van der Waals surface area contributed by atoms with Gasteiger partial charge in [0.15, 0.2) is 5.82 Å². The van der Waals surface area contributed by atoms with Crippen LogP contribution in [0.5, 0.6) is 0 Å². The molecule has 1 aliphatic rings. The Kier molecular flexibility index (Phi) is 5.46. The molecule has 2 heterocycles. The average Bonchev–Trinajstić information content (AvgIpc) is 2.95. The number of hydrogen-bond donors (Lipinski definition) is 2. The number of hydrogen-bond acceptors (Lipinski definition) is 5. The first-order chi connectivity index (χ1) is 9.69. The number of tetrazole rings is 1. The number of likely N-dealkylation sites (tertiary alicyclic amines) is 1. The number of carbonyl (C=O) groups excluding carboxylic acids is 1. The summed E-state index contributed by atoms with van der Waals surface area (Å²) < 4.78 is 0. The van der Waals surface area contributed by atoms with Crippen LogP contribution in [0.3, 0.4) is 0 Å². The highest BCUT2D eigenvalue weighted by molar-refractivity contribution is 5.76. The third kappa shape index (κ3) is 4.26. The molecule has 1 aromatic heterocycles. The number of aromatic nitrogens is 4. The van der Waals surface area contributed by atoms with Crippen molar-refractivity contribution in [2.24, 2.45) is 5.92 Å². The number of nitrogens with one attached hydrogen (secondary N) is 2. The second-order valence-corrected chi connectivity index (χ2v) is 5.55. The van der Waals surface area contributed by atoms with Crippen molar-refractivity contribution in [2.75, 3.05) is 19.6 Å². The topological polar surface area (TPSA) is 86.8 Å². The van der Waals surface area contributed by atoms with Gasteiger partial charge in [0.1, 0.15) is 0 Å². The summed E-state index contributed by atoms with van der Waals surface area (Å²) in [4.78, 5) is 14.5. The zero-order chi connectivity index (χ0) is 14.4. The van der Waals surface area contributed by atoms with E-state index in [0.29, 0.717) is 18.2 Å². The first kappa shape index (κ1) is 14.9. The smallest absolute Gasteiger partial charge is 0.220 e. The molecule has 2 N–H and O–H groups in total. The van der Waals surface area contributed by atoms with E-state index in [-0.39, 0.29) is 11.9 Å². The minimum absolute atomic E-state index is 0.0799. The van der Waals surface area contributed by atoms with Gasteiger partial charge in [-0.2, -0.15) is 5.21 Å². The summed E-state index contributed by atoms with van der Waals surface area (Å²) in [5.41, 5.74) is 0. The lowest BCUT2D eigenvalue weighted by atomic mass is 9.93. The highest BCUT2D eigenvalue weighted by Gasteiger charge is 2.22. The number of H-pyrrole nitrogens is 1. The summed E-state index contributed by atoms with van der Waals surface area (Å²) >= 11 is 0. The minimum atomic E-state index is -0.193. The van der Waals surface area contributed by atoms with Crippen LogP contribution in [0.15, 0.2) is 0 Å². The number of rotatable bonds is 6. The molecule has 0 spiro atoms. The molecular weight excluding hydrogens is 256 g/mol. The Morgan fingerprint density at radius 2 is 2.25 bits per heavy atom. The molecule has 0 radical (unpaired) electrons. The van der Waals surface area contributed by atoms with Gasteiger partial charge in [-0.15, -0.1) is 10.2 Å². The molecule has 1 amide bonds. The lowest BCUT2D eigenvalue weighted by Gasteiger charge is -2.31. The summed E-state index contributed by atoms with van der Waals surface area (Å²) in [6.07, 6.45) is 4.03. The van der Waals surface area contributed by atoms with Gasteiger partial charge in [-0.3, -0.25) is 4.79 Å². The van der Waals surface area contributed by atoms with Gasteiger partial charge in [0.05, 0.1) is 6.04 Å². The highest BCUT2D eigenvalue weighted by atomic mass is 16.1. The fourth-order valence-electron chi connectivity index (χ4n) is 2.71. The van der Waals surface area contributed by atoms with Crippen molar-refractivity contribution in [2.45, 2.75) is 45.6 Å². The third-order valence-electron chi connectivity index (χ3n) is 3.85. The summed E-state index contributed by atoms with van der Waals surface area (Å²) in [5.74, 6) is 1.10. The van der Waals surface area contributed by atoms with Gasteiger partial charge in [-0.25, -0.2) is 0 Å². The molecule has 112 valence electrons. The summed E-state index contributed by atoms with van der Waals surface area (Å²) in [6, 6.07) is -0.193. The molecule has 7 heteroatoms. The van der Waals surface area contributed by atoms with E-state index in [0.717, 1.165) is 25.9 Å². The van der Waals surface area contributed by atoms with Crippen LogP contribution in [-0.4, -0.2) is 51.1 Å². The third-order valence-corrected chi connectivity index (χ3v) is 3.85. The second-order valence-electron chi connectivity index (χ2n) is 5.55. The molecule has 0 saturated carbocycles. The quantitative estimate of drug-likeness (QED) is 0.808. The van der Waals surface area contributed by atoms with Crippen molar-refractivity contribution < 1.29 is 4.79 Å². The Balaban J connectivity index is 1.70. The number of piperidine rings is 1. The van der Waals surface area contributed by atoms with Gasteiger partial charge in [-0.05, 0) is 51.7 Å². The van der Waals surface area contributed by atoms with Crippen molar-refractivity contribution in [3.05, 3.63) is 5.82 Å². The first-order valence-corrected chi connectivity index (χ1v) is 7.44. The van der Waals surface area contributed by atoms with Crippen molar-refractivity contribution in [3.8, 4) is 0 Å². The van der Waals surface area contributed by atoms with Crippen LogP contribution in [0.1, 0.15) is 51.4 Å². The van der Waals surface area contributed by atoms with Gasteiger partial charge in [-0.1, -0.05) is 12.1 Å². The number of nitrogens with zero attached hydrogens (tertiary/aromatic N) is 4. The molecule has 0 aromatic carbocycles. The van der Waals surface area contributed by atoms with Crippen molar-refractivity contribution in [1.82, 2.24) is 30.8 Å². The van der Waals surface area contributed by atoms with Crippen LogP contribution in [0, 0.1) is 5.92 Å². The molecule has 0 bridgehead atoms. The van der Waals surface area contributed by atoms with Gasteiger partial charge < -0.3 is 10.2 Å².